The van der Waals surface area contributed by atoms with Crippen LogP contribution in [0.25, 0.3) is 0 Å². The number of rotatable bonds is 3. The molecular weight excluding hydrogens is 200 g/mol. The predicted molar refractivity (Wildman–Crippen MR) is 61.5 cm³/mol. The SMILES string of the molecule is CCC(C#N)N1COCC1c1ccccc1. The van der Waals surface area contributed by atoms with Gasteiger partial charge >= 0.3 is 0 Å². The maximum atomic E-state index is 9.10. The van der Waals surface area contributed by atoms with Gasteiger partial charge in [-0.15, -0.1) is 0 Å². The Bertz CT molecular complexity index is 371. The monoisotopic (exact) mass is 216 g/mol. The van der Waals surface area contributed by atoms with Crippen LogP contribution in [0.5, 0.6) is 0 Å². The number of ether oxygens (including phenoxy) is 1. The van der Waals surface area contributed by atoms with Crippen LogP contribution in [0.4, 0.5) is 0 Å². The van der Waals surface area contributed by atoms with E-state index in [0.29, 0.717) is 13.3 Å². The first kappa shape index (κ1) is 11.1. The quantitative estimate of drug-likeness (QED) is 0.778. The molecule has 2 atom stereocenters. The van der Waals surface area contributed by atoms with E-state index in [1.165, 1.54) is 5.56 Å². The van der Waals surface area contributed by atoms with Crippen LogP contribution in [0.15, 0.2) is 30.3 Å². The molecule has 3 nitrogen and oxygen atoms in total. The summed E-state index contributed by atoms with van der Waals surface area (Å²) in [6, 6.07) is 12.8. The summed E-state index contributed by atoms with van der Waals surface area (Å²) >= 11 is 0. The van der Waals surface area contributed by atoms with E-state index >= 15 is 0 Å². The molecule has 1 fully saturated rings. The van der Waals surface area contributed by atoms with E-state index in [1.54, 1.807) is 0 Å². The molecular formula is C13H16N2O. The zero-order valence-corrected chi connectivity index (χ0v) is 9.47. The van der Waals surface area contributed by atoms with Crippen LogP contribution < -0.4 is 0 Å². The zero-order chi connectivity index (χ0) is 11.4. The van der Waals surface area contributed by atoms with Gasteiger partial charge in [0.25, 0.3) is 0 Å². The van der Waals surface area contributed by atoms with Crippen molar-refractivity contribution < 1.29 is 4.74 Å². The highest BCUT2D eigenvalue weighted by Gasteiger charge is 2.31. The molecule has 0 aromatic heterocycles. The van der Waals surface area contributed by atoms with Gasteiger partial charge in [0.1, 0.15) is 6.73 Å². The van der Waals surface area contributed by atoms with Gasteiger partial charge in [0.15, 0.2) is 0 Å². The summed E-state index contributed by atoms with van der Waals surface area (Å²) in [7, 11) is 0. The lowest BCUT2D eigenvalue weighted by molar-refractivity contribution is 0.121. The summed E-state index contributed by atoms with van der Waals surface area (Å²) in [5.41, 5.74) is 1.23. The second kappa shape index (κ2) is 5.11. The van der Waals surface area contributed by atoms with E-state index in [0.717, 1.165) is 6.42 Å². The molecule has 1 aromatic carbocycles. The average molecular weight is 216 g/mol. The molecule has 2 unspecified atom stereocenters. The molecule has 1 aromatic rings. The molecule has 1 saturated heterocycles. The molecule has 0 spiro atoms. The second-order valence-corrected chi connectivity index (χ2v) is 3.99. The topological polar surface area (TPSA) is 36.3 Å². The maximum Gasteiger partial charge on any atom is 0.101 e. The fraction of sp³-hybridized carbons (Fsp3) is 0.462. The van der Waals surface area contributed by atoms with Crippen LogP contribution in [0.3, 0.4) is 0 Å². The van der Waals surface area contributed by atoms with Crippen LogP contribution >= 0.6 is 0 Å². The first-order valence-corrected chi connectivity index (χ1v) is 5.65. The lowest BCUT2D eigenvalue weighted by Gasteiger charge is -2.26. The lowest BCUT2D eigenvalue weighted by Crippen LogP contribution is -2.33. The van der Waals surface area contributed by atoms with Crippen molar-refractivity contribution in [3.05, 3.63) is 35.9 Å². The summed E-state index contributed by atoms with van der Waals surface area (Å²) in [6.45, 7) is 3.28. The Morgan fingerprint density at radius 2 is 2.25 bits per heavy atom. The van der Waals surface area contributed by atoms with Crippen molar-refractivity contribution in [3.8, 4) is 6.07 Å². The van der Waals surface area contributed by atoms with Crippen molar-refractivity contribution in [2.75, 3.05) is 13.3 Å². The van der Waals surface area contributed by atoms with Crippen molar-refractivity contribution in [2.24, 2.45) is 0 Å². The van der Waals surface area contributed by atoms with Crippen molar-refractivity contribution in [2.45, 2.75) is 25.4 Å². The fourth-order valence-corrected chi connectivity index (χ4v) is 2.13. The number of nitriles is 1. The number of nitrogens with zero attached hydrogens (tertiary/aromatic N) is 2. The summed E-state index contributed by atoms with van der Waals surface area (Å²) in [4.78, 5) is 2.13. The van der Waals surface area contributed by atoms with Gasteiger partial charge in [0, 0.05) is 0 Å². The Hall–Kier alpha value is -1.37. The molecule has 0 radical (unpaired) electrons. The molecule has 3 heteroatoms. The van der Waals surface area contributed by atoms with E-state index in [1.807, 2.05) is 25.1 Å². The number of benzene rings is 1. The Morgan fingerprint density at radius 3 is 2.88 bits per heavy atom. The minimum absolute atomic E-state index is 0.0484. The van der Waals surface area contributed by atoms with Gasteiger partial charge < -0.3 is 4.74 Å². The third-order valence-electron chi connectivity index (χ3n) is 3.04. The van der Waals surface area contributed by atoms with Crippen LogP contribution in [0, 0.1) is 11.3 Å². The largest absolute Gasteiger partial charge is 0.364 e. The molecule has 0 aliphatic carbocycles. The highest BCUT2D eigenvalue weighted by atomic mass is 16.5. The van der Waals surface area contributed by atoms with Gasteiger partial charge in [0.2, 0.25) is 0 Å². The van der Waals surface area contributed by atoms with Crippen molar-refractivity contribution in [3.63, 3.8) is 0 Å². The molecule has 2 rings (SSSR count). The summed E-state index contributed by atoms with van der Waals surface area (Å²) in [5.74, 6) is 0. The molecule has 1 heterocycles. The van der Waals surface area contributed by atoms with Gasteiger partial charge in [-0.3, -0.25) is 4.90 Å². The molecule has 1 aliphatic rings. The Labute approximate surface area is 96.2 Å². The highest BCUT2D eigenvalue weighted by molar-refractivity contribution is 5.20. The van der Waals surface area contributed by atoms with Crippen LogP contribution in [-0.4, -0.2) is 24.3 Å². The van der Waals surface area contributed by atoms with E-state index in [2.05, 4.69) is 23.1 Å². The van der Waals surface area contributed by atoms with Crippen LogP contribution in [-0.2, 0) is 4.74 Å². The second-order valence-electron chi connectivity index (χ2n) is 3.99. The molecule has 0 saturated carbocycles. The minimum atomic E-state index is -0.0484. The van der Waals surface area contributed by atoms with E-state index < -0.39 is 0 Å². The lowest BCUT2D eigenvalue weighted by atomic mass is 10.0. The molecule has 84 valence electrons. The van der Waals surface area contributed by atoms with E-state index in [4.69, 9.17) is 10.00 Å². The van der Waals surface area contributed by atoms with E-state index in [9.17, 15) is 0 Å². The Balaban J connectivity index is 2.19. The molecule has 0 N–H and O–H groups in total. The molecule has 0 amide bonds. The minimum Gasteiger partial charge on any atom is -0.364 e. The van der Waals surface area contributed by atoms with Gasteiger partial charge in [-0.2, -0.15) is 5.26 Å². The molecule has 16 heavy (non-hydrogen) atoms. The smallest absolute Gasteiger partial charge is 0.101 e. The van der Waals surface area contributed by atoms with Gasteiger partial charge in [-0.05, 0) is 12.0 Å². The number of hydrogen-bond donors (Lipinski definition) is 0. The molecule has 0 bridgehead atoms. The summed E-state index contributed by atoms with van der Waals surface area (Å²) < 4.78 is 5.48. The predicted octanol–water partition coefficient (Wildman–Crippen LogP) is 2.32. The van der Waals surface area contributed by atoms with Crippen molar-refractivity contribution >= 4 is 0 Å². The van der Waals surface area contributed by atoms with Gasteiger partial charge in [-0.25, -0.2) is 0 Å². The van der Waals surface area contributed by atoms with Crippen molar-refractivity contribution in [1.29, 1.82) is 5.26 Å². The maximum absolute atomic E-state index is 9.10. The zero-order valence-electron chi connectivity index (χ0n) is 9.47. The van der Waals surface area contributed by atoms with Gasteiger partial charge in [-0.1, -0.05) is 37.3 Å². The van der Waals surface area contributed by atoms with Gasteiger partial charge in [0.05, 0.1) is 24.8 Å². The normalized spacial score (nSPS) is 22.9. The van der Waals surface area contributed by atoms with Crippen LogP contribution in [0.2, 0.25) is 0 Å². The third-order valence-corrected chi connectivity index (χ3v) is 3.04. The summed E-state index contributed by atoms with van der Waals surface area (Å²) in [5, 5.41) is 9.10. The summed E-state index contributed by atoms with van der Waals surface area (Å²) in [6.07, 6.45) is 0.837. The van der Waals surface area contributed by atoms with E-state index in [-0.39, 0.29) is 12.1 Å². The highest BCUT2D eigenvalue weighted by Crippen LogP contribution is 2.28. The van der Waals surface area contributed by atoms with Crippen LogP contribution in [0.1, 0.15) is 24.9 Å². The number of hydrogen-bond acceptors (Lipinski definition) is 3. The fourth-order valence-electron chi connectivity index (χ4n) is 2.13. The Morgan fingerprint density at radius 1 is 1.50 bits per heavy atom. The standard InChI is InChI=1S/C13H16N2O/c1-2-12(8-14)15-10-16-9-13(15)11-6-4-3-5-7-11/h3-7,12-13H,2,9-10H2,1H3. The van der Waals surface area contributed by atoms with Crippen molar-refractivity contribution in [1.82, 2.24) is 4.90 Å². The first-order chi connectivity index (χ1) is 7.86. The Kier molecular flexibility index (Phi) is 3.55. The first-order valence-electron chi connectivity index (χ1n) is 5.65. The molecule has 1 aliphatic heterocycles. The third kappa shape index (κ3) is 2.08. The average Bonchev–Trinajstić information content (AvgIpc) is 2.81.